The van der Waals surface area contributed by atoms with Crippen LogP contribution in [0.5, 0.6) is 0 Å². The predicted molar refractivity (Wildman–Crippen MR) is 80.2 cm³/mol. The second-order valence-electron chi connectivity index (χ2n) is 6.03. The van der Waals surface area contributed by atoms with Gasteiger partial charge in [-0.05, 0) is 31.0 Å². The minimum atomic E-state index is 0.352. The summed E-state index contributed by atoms with van der Waals surface area (Å²) in [5, 5.41) is 4.65. The summed E-state index contributed by atoms with van der Waals surface area (Å²) in [6.07, 6.45) is 2.19. The quantitative estimate of drug-likeness (QED) is 0.905. The molecular weight excluding hydrogens is 240 g/mol. The zero-order chi connectivity index (χ0) is 13.2. The third kappa shape index (κ3) is 3.53. The van der Waals surface area contributed by atoms with Crippen LogP contribution in [0.4, 0.5) is 0 Å². The monoisotopic (exact) mass is 262 g/mol. The summed E-state index contributed by atoms with van der Waals surface area (Å²) in [5.41, 5.74) is 1.48. The van der Waals surface area contributed by atoms with Crippen molar-refractivity contribution < 1.29 is 0 Å². The maximum atomic E-state index is 4.71. The first-order valence-corrected chi connectivity index (χ1v) is 7.31. The molecule has 2 rings (SSSR count). The third-order valence-corrected chi connectivity index (χ3v) is 4.08. The van der Waals surface area contributed by atoms with Crippen LogP contribution in [0.25, 0.3) is 10.2 Å². The standard InChI is InChI=1S/C15H22N2S/c1-15(2,3)10-11(16-4)9-14-17-12-7-5-6-8-13(12)18-14/h5-8,11,16H,9-10H2,1-4H3. The van der Waals surface area contributed by atoms with Gasteiger partial charge in [0.2, 0.25) is 0 Å². The van der Waals surface area contributed by atoms with Crippen LogP contribution < -0.4 is 5.32 Å². The first-order valence-electron chi connectivity index (χ1n) is 6.50. The molecule has 2 aromatic rings. The van der Waals surface area contributed by atoms with Gasteiger partial charge in [0, 0.05) is 12.5 Å². The van der Waals surface area contributed by atoms with Crippen molar-refractivity contribution in [3.05, 3.63) is 29.3 Å². The Kier molecular flexibility index (Phi) is 4.03. The van der Waals surface area contributed by atoms with E-state index in [1.165, 1.54) is 16.1 Å². The topological polar surface area (TPSA) is 24.9 Å². The molecule has 0 aliphatic rings. The number of aromatic nitrogens is 1. The average molecular weight is 262 g/mol. The molecule has 0 aliphatic carbocycles. The molecule has 2 nitrogen and oxygen atoms in total. The van der Waals surface area contributed by atoms with Crippen LogP contribution >= 0.6 is 11.3 Å². The van der Waals surface area contributed by atoms with Gasteiger partial charge < -0.3 is 5.32 Å². The number of nitrogens with zero attached hydrogens (tertiary/aromatic N) is 1. The minimum absolute atomic E-state index is 0.352. The second-order valence-corrected chi connectivity index (χ2v) is 7.15. The fourth-order valence-electron chi connectivity index (χ4n) is 2.23. The van der Waals surface area contributed by atoms with E-state index in [1.54, 1.807) is 0 Å². The van der Waals surface area contributed by atoms with Crippen molar-refractivity contribution in [2.45, 2.75) is 39.7 Å². The number of rotatable bonds is 4. The number of benzene rings is 1. The number of fused-ring (bicyclic) bond motifs is 1. The van der Waals surface area contributed by atoms with Crippen LogP contribution in [-0.2, 0) is 6.42 Å². The largest absolute Gasteiger partial charge is 0.317 e. The Morgan fingerprint density at radius 1 is 1.28 bits per heavy atom. The average Bonchev–Trinajstić information content (AvgIpc) is 2.68. The van der Waals surface area contributed by atoms with Gasteiger partial charge in [0.15, 0.2) is 0 Å². The maximum absolute atomic E-state index is 4.71. The molecule has 0 aliphatic heterocycles. The maximum Gasteiger partial charge on any atom is 0.0954 e. The summed E-state index contributed by atoms with van der Waals surface area (Å²) in [5.74, 6) is 0. The highest BCUT2D eigenvalue weighted by atomic mass is 32.1. The Hall–Kier alpha value is -0.930. The fraction of sp³-hybridized carbons (Fsp3) is 0.533. The molecule has 1 aromatic carbocycles. The molecule has 0 bridgehead atoms. The fourth-order valence-corrected chi connectivity index (χ4v) is 3.28. The molecule has 0 amide bonds. The van der Waals surface area contributed by atoms with Gasteiger partial charge in [-0.1, -0.05) is 32.9 Å². The van der Waals surface area contributed by atoms with Crippen LogP contribution in [0.1, 0.15) is 32.2 Å². The predicted octanol–water partition coefficient (Wildman–Crippen LogP) is 3.86. The van der Waals surface area contributed by atoms with Gasteiger partial charge in [-0.25, -0.2) is 4.98 Å². The normalized spacial score (nSPS) is 14.0. The highest BCUT2D eigenvalue weighted by Crippen LogP contribution is 2.26. The van der Waals surface area contributed by atoms with E-state index in [1.807, 2.05) is 18.4 Å². The number of hydrogen-bond donors (Lipinski definition) is 1. The Balaban J connectivity index is 2.11. The smallest absolute Gasteiger partial charge is 0.0954 e. The van der Waals surface area contributed by atoms with E-state index >= 15 is 0 Å². The van der Waals surface area contributed by atoms with E-state index in [-0.39, 0.29) is 0 Å². The number of hydrogen-bond acceptors (Lipinski definition) is 3. The molecule has 98 valence electrons. The summed E-state index contributed by atoms with van der Waals surface area (Å²) in [4.78, 5) is 4.71. The first kappa shape index (κ1) is 13.5. The van der Waals surface area contributed by atoms with E-state index in [0.717, 1.165) is 11.9 Å². The number of likely N-dealkylation sites (N-methyl/N-ethyl adjacent to an activating group) is 1. The van der Waals surface area contributed by atoms with Crippen molar-refractivity contribution in [2.24, 2.45) is 5.41 Å². The van der Waals surface area contributed by atoms with Gasteiger partial charge in [-0.15, -0.1) is 11.3 Å². The third-order valence-electron chi connectivity index (χ3n) is 3.03. The molecule has 0 saturated heterocycles. The molecule has 1 unspecified atom stereocenters. The Bertz CT molecular complexity index is 477. The van der Waals surface area contributed by atoms with Crippen molar-refractivity contribution in [2.75, 3.05) is 7.05 Å². The highest BCUT2D eigenvalue weighted by molar-refractivity contribution is 7.18. The van der Waals surface area contributed by atoms with Crippen molar-refractivity contribution in [3.8, 4) is 0 Å². The molecule has 18 heavy (non-hydrogen) atoms. The van der Waals surface area contributed by atoms with Crippen LogP contribution in [0.2, 0.25) is 0 Å². The van der Waals surface area contributed by atoms with Gasteiger partial charge >= 0.3 is 0 Å². The molecule has 1 atom stereocenters. The molecule has 0 spiro atoms. The zero-order valence-corrected chi connectivity index (χ0v) is 12.5. The van der Waals surface area contributed by atoms with Crippen LogP contribution in [0.3, 0.4) is 0 Å². The van der Waals surface area contributed by atoms with Crippen molar-refractivity contribution >= 4 is 21.6 Å². The molecule has 0 radical (unpaired) electrons. The molecule has 3 heteroatoms. The lowest BCUT2D eigenvalue weighted by Gasteiger charge is -2.25. The number of para-hydroxylation sites is 1. The van der Waals surface area contributed by atoms with Gasteiger partial charge in [0.25, 0.3) is 0 Å². The Morgan fingerprint density at radius 2 is 2.00 bits per heavy atom. The van der Waals surface area contributed by atoms with Crippen LogP contribution in [-0.4, -0.2) is 18.1 Å². The number of nitrogens with one attached hydrogen (secondary N) is 1. The Morgan fingerprint density at radius 3 is 2.61 bits per heavy atom. The van der Waals surface area contributed by atoms with Crippen molar-refractivity contribution in [1.82, 2.24) is 10.3 Å². The van der Waals surface area contributed by atoms with E-state index < -0.39 is 0 Å². The molecule has 0 saturated carbocycles. The lowest BCUT2D eigenvalue weighted by atomic mass is 9.87. The lowest BCUT2D eigenvalue weighted by Crippen LogP contribution is -2.31. The van der Waals surface area contributed by atoms with Crippen LogP contribution in [0.15, 0.2) is 24.3 Å². The number of thiazole rings is 1. The molecular formula is C15H22N2S. The van der Waals surface area contributed by atoms with E-state index in [0.29, 0.717) is 11.5 Å². The van der Waals surface area contributed by atoms with Gasteiger partial charge in [-0.2, -0.15) is 0 Å². The zero-order valence-electron chi connectivity index (χ0n) is 11.7. The summed E-state index contributed by atoms with van der Waals surface area (Å²) in [6, 6.07) is 8.87. The first-order chi connectivity index (χ1) is 8.48. The van der Waals surface area contributed by atoms with Gasteiger partial charge in [0.05, 0.1) is 15.2 Å². The Labute approximate surface area is 113 Å². The van der Waals surface area contributed by atoms with E-state index in [2.05, 4.69) is 50.4 Å². The summed E-state index contributed by atoms with van der Waals surface area (Å²) in [6.45, 7) is 6.86. The van der Waals surface area contributed by atoms with Gasteiger partial charge in [-0.3, -0.25) is 0 Å². The summed E-state index contributed by atoms with van der Waals surface area (Å²) in [7, 11) is 2.05. The molecule has 1 aromatic heterocycles. The molecule has 0 fully saturated rings. The van der Waals surface area contributed by atoms with Crippen molar-refractivity contribution in [1.29, 1.82) is 0 Å². The van der Waals surface area contributed by atoms with Gasteiger partial charge in [0.1, 0.15) is 0 Å². The second kappa shape index (κ2) is 5.37. The van der Waals surface area contributed by atoms with E-state index in [4.69, 9.17) is 4.98 Å². The molecule has 1 heterocycles. The SMILES string of the molecule is CNC(Cc1nc2ccccc2s1)CC(C)(C)C. The van der Waals surface area contributed by atoms with Crippen molar-refractivity contribution in [3.63, 3.8) is 0 Å². The highest BCUT2D eigenvalue weighted by Gasteiger charge is 2.19. The summed E-state index contributed by atoms with van der Waals surface area (Å²) >= 11 is 1.82. The molecule has 1 N–H and O–H groups in total. The van der Waals surface area contributed by atoms with E-state index in [9.17, 15) is 0 Å². The van der Waals surface area contributed by atoms with Crippen LogP contribution in [0, 0.1) is 5.41 Å². The summed E-state index contributed by atoms with van der Waals surface area (Å²) < 4.78 is 1.29. The lowest BCUT2D eigenvalue weighted by molar-refractivity contribution is 0.316. The minimum Gasteiger partial charge on any atom is -0.317 e.